The van der Waals surface area contributed by atoms with Gasteiger partial charge in [0.25, 0.3) is 0 Å². The van der Waals surface area contributed by atoms with E-state index in [4.69, 9.17) is 11.6 Å². The molecule has 1 amide bonds. The Morgan fingerprint density at radius 3 is 2.54 bits per heavy atom. The summed E-state index contributed by atoms with van der Waals surface area (Å²) in [6.45, 7) is 1.96. The molecule has 1 heterocycles. The molecule has 0 bridgehead atoms. The average Bonchev–Trinajstić information content (AvgIpc) is 2.76. The van der Waals surface area contributed by atoms with E-state index in [0.717, 1.165) is 35.4 Å². The first-order chi connectivity index (χ1) is 11.6. The molecule has 0 aliphatic heterocycles. The second kappa shape index (κ2) is 7.84. The van der Waals surface area contributed by atoms with Gasteiger partial charge in [0.05, 0.1) is 12.1 Å². The second-order valence-electron chi connectivity index (χ2n) is 6.62. The summed E-state index contributed by atoms with van der Waals surface area (Å²) < 4.78 is 0. The quantitative estimate of drug-likeness (QED) is 0.806. The van der Waals surface area contributed by atoms with Crippen molar-refractivity contribution in [2.75, 3.05) is 0 Å². The number of nitrogens with zero attached hydrogens (tertiary/aromatic N) is 1. The van der Waals surface area contributed by atoms with Crippen molar-refractivity contribution in [2.24, 2.45) is 0 Å². The molecule has 3 rings (SSSR count). The predicted octanol–water partition coefficient (Wildman–Crippen LogP) is 4.42. The van der Waals surface area contributed by atoms with Crippen LogP contribution in [0.15, 0.2) is 24.3 Å². The molecule has 0 unspecified atom stereocenters. The van der Waals surface area contributed by atoms with Crippen LogP contribution in [0.25, 0.3) is 11.3 Å². The van der Waals surface area contributed by atoms with Gasteiger partial charge < -0.3 is 5.32 Å². The Morgan fingerprint density at radius 1 is 1.21 bits per heavy atom. The number of nitrogens with one attached hydrogen (secondary N) is 2. The summed E-state index contributed by atoms with van der Waals surface area (Å²) in [5, 5.41) is 11.3. The molecule has 0 atom stereocenters. The third kappa shape index (κ3) is 4.18. The molecule has 0 spiro atoms. The van der Waals surface area contributed by atoms with Crippen molar-refractivity contribution in [2.45, 2.75) is 57.9 Å². The molecule has 5 heteroatoms. The van der Waals surface area contributed by atoms with Crippen LogP contribution in [-0.2, 0) is 11.2 Å². The molecule has 1 aromatic heterocycles. The number of hydrogen-bond donors (Lipinski definition) is 2. The number of carbonyl (C=O) groups is 1. The summed E-state index contributed by atoms with van der Waals surface area (Å²) in [6, 6.07) is 7.88. The molecule has 1 aromatic carbocycles. The first-order valence-electron chi connectivity index (χ1n) is 8.72. The molecule has 24 heavy (non-hydrogen) atoms. The standard InChI is InChI=1S/C19H24ClN3O/c1-13-17(12-18(24)21-16-6-4-2-3-5-7-16)19(23-22-13)14-8-10-15(20)11-9-14/h8-11,16H,2-7,12H2,1H3,(H,21,24)(H,22,23). The Bertz CT molecular complexity index is 685. The third-order valence-electron chi connectivity index (χ3n) is 4.75. The molecule has 2 aromatic rings. The van der Waals surface area contributed by atoms with Gasteiger partial charge in [-0.05, 0) is 31.9 Å². The first kappa shape index (κ1) is 17.0. The monoisotopic (exact) mass is 345 g/mol. The maximum atomic E-state index is 12.5. The number of rotatable bonds is 4. The molecular formula is C19H24ClN3O. The molecular weight excluding hydrogens is 322 g/mol. The molecule has 1 aliphatic carbocycles. The molecule has 1 fully saturated rings. The van der Waals surface area contributed by atoms with Gasteiger partial charge in [-0.25, -0.2) is 0 Å². The minimum Gasteiger partial charge on any atom is -0.353 e. The number of aromatic amines is 1. The zero-order valence-electron chi connectivity index (χ0n) is 14.1. The van der Waals surface area contributed by atoms with Crippen molar-refractivity contribution < 1.29 is 4.79 Å². The van der Waals surface area contributed by atoms with Crippen LogP contribution < -0.4 is 5.32 Å². The van der Waals surface area contributed by atoms with Crippen molar-refractivity contribution in [3.8, 4) is 11.3 Å². The van der Waals surface area contributed by atoms with Gasteiger partial charge in [0.1, 0.15) is 0 Å². The third-order valence-corrected chi connectivity index (χ3v) is 5.00. The van der Waals surface area contributed by atoms with E-state index in [2.05, 4.69) is 15.5 Å². The highest BCUT2D eigenvalue weighted by Gasteiger charge is 2.19. The number of amides is 1. The summed E-state index contributed by atoms with van der Waals surface area (Å²) in [5.41, 5.74) is 3.71. The fourth-order valence-electron chi connectivity index (χ4n) is 3.38. The lowest BCUT2D eigenvalue weighted by atomic mass is 10.0. The Kier molecular flexibility index (Phi) is 5.56. The number of hydrogen-bond acceptors (Lipinski definition) is 2. The maximum absolute atomic E-state index is 12.5. The lowest BCUT2D eigenvalue weighted by Gasteiger charge is -2.16. The van der Waals surface area contributed by atoms with E-state index in [1.807, 2.05) is 31.2 Å². The van der Waals surface area contributed by atoms with Gasteiger partial charge >= 0.3 is 0 Å². The van der Waals surface area contributed by atoms with Crippen molar-refractivity contribution >= 4 is 17.5 Å². The topological polar surface area (TPSA) is 57.8 Å². The van der Waals surface area contributed by atoms with Gasteiger partial charge in [-0.15, -0.1) is 0 Å². The Hall–Kier alpha value is -1.81. The summed E-state index contributed by atoms with van der Waals surface area (Å²) in [4.78, 5) is 12.5. The van der Waals surface area contributed by atoms with Crippen LogP contribution in [0.3, 0.4) is 0 Å². The summed E-state index contributed by atoms with van der Waals surface area (Å²) in [6.07, 6.45) is 7.55. The van der Waals surface area contributed by atoms with E-state index in [1.54, 1.807) is 0 Å². The van der Waals surface area contributed by atoms with Crippen LogP contribution in [0.5, 0.6) is 0 Å². The first-order valence-corrected chi connectivity index (χ1v) is 9.10. The van der Waals surface area contributed by atoms with Crippen molar-refractivity contribution in [3.63, 3.8) is 0 Å². The molecule has 0 radical (unpaired) electrons. The van der Waals surface area contributed by atoms with E-state index in [0.29, 0.717) is 17.5 Å². The van der Waals surface area contributed by atoms with E-state index in [-0.39, 0.29) is 5.91 Å². The minimum atomic E-state index is 0.0848. The highest BCUT2D eigenvalue weighted by Crippen LogP contribution is 2.26. The van der Waals surface area contributed by atoms with Gasteiger partial charge in [-0.2, -0.15) is 5.10 Å². The molecule has 128 valence electrons. The predicted molar refractivity (Wildman–Crippen MR) is 97.1 cm³/mol. The fraction of sp³-hybridized carbons (Fsp3) is 0.474. The second-order valence-corrected chi connectivity index (χ2v) is 7.05. The van der Waals surface area contributed by atoms with Crippen LogP contribution in [0.1, 0.15) is 49.8 Å². The van der Waals surface area contributed by atoms with Crippen LogP contribution in [-0.4, -0.2) is 22.1 Å². The van der Waals surface area contributed by atoms with E-state index in [9.17, 15) is 4.79 Å². The number of aryl methyl sites for hydroxylation is 1. The highest BCUT2D eigenvalue weighted by molar-refractivity contribution is 6.30. The molecule has 0 saturated heterocycles. The van der Waals surface area contributed by atoms with Gasteiger partial charge in [0, 0.05) is 27.9 Å². The van der Waals surface area contributed by atoms with E-state index >= 15 is 0 Å². The average molecular weight is 346 g/mol. The smallest absolute Gasteiger partial charge is 0.224 e. The van der Waals surface area contributed by atoms with Gasteiger partial charge in [-0.3, -0.25) is 9.89 Å². The van der Waals surface area contributed by atoms with Crippen LogP contribution in [0.2, 0.25) is 5.02 Å². The summed E-state index contributed by atoms with van der Waals surface area (Å²) in [5.74, 6) is 0.0848. The highest BCUT2D eigenvalue weighted by atomic mass is 35.5. The van der Waals surface area contributed by atoms with E-state index < -0.39 is 0 Å². The fourth-order valence-corrected chi connectivity index (χ4v) is 3.50. The minimum absolute atomic E-state index is 0.0848. The Morgan fingerprint density at radius 2 is 1.88 bits per heavy atom. The molecule has 1 saturated carbocycles. The van der Waals surface area contributed by atoms with Crippen molar-refractivity contribution in [3.05, 3.63) is 40.5 Å². The lowest BCUT2D eigenvalue weighted by molar-refractivity contribution is -0.121. The molecule has 2 N–H and O–H groups in total. The van der Waals surface area contributed by atoms with Crippen molar-refractivity contribution in [1.82, 2.24) is 15.5 Å². The normalized spacial score (nSPS) is 15.9. The number of carbonyl (C=O) groups excluding carboxylic acids is 1. The van der Waals surface area contributed by atoms with Crippen LogP contribution >= 0.6 is 11.6 Å². The number of H-pyrrole nitrogens is 1. The number of halogens is 1. The maximum Gasteiger partial charge on any atom is 0.224 e. The summed E-state index contributed by atoms with van der Waals surface area (Å²) >= 11 is 5.96. The molecule has 1 aliphatic rings. The Balaban J connectivity index is 1.71. The number of aromatic nitrogens is 2. The van der Waals surface area contributed by atoms with Gasteiger partial charge in [0.2, 0.25) is 5.91 Å². The Labute approximate surface area is 148 Å². The van der Waals surface area contributed by atoms with Crippen LogP contribution in [0.4, 0.5) is 0 Å². The zero-order chi connectivity index (χ0) is 16.9. The SMILES string of the molecule is Cc1[nH]nc(-c2ccc(Cl)cc2)c1CC(=O)NC1CCCCCC1. The van der Waals surface area contributed by atoms with Gasteiger partial charge in [-0.1, -0.05) is 49.4 Å². The lowest BCUT2D eigenvalue weighted by Crippen LogP contribution is -2.35. The van der Waals surface area contributed by atoms with Crippen LogP contribution in [0, 0.1) is 6.92 Å². The largest absolute Gasteiger partial charge is 0.353 e. The van der Waals surface area contributed by atoms with E-state index in [1.165, 1.54) is 25.7 Å². The summed E-state index contributed by atoms with van der Waals surface area (Å²) in [7, 11) is 0. The zero-order valence-corrected chi connectivity index (χ0v) is 14.8. The number of benzene rings is 1. The molecule has 4 nitrogen and oxygen atoms in total. The van der Waals surface area contributed by atoms with Gasteiger partial charge in [0.15, 0.2) is 0 Å². The van der Waals surface area contributed by atoms with Crippen molar-refractivity contribution in [1.29, 1.82) is 0 Å².